The van der Waals surface area contributed by atoms with Crippen molar-refractivity contribution in [2.75, 3.05) is 12.3 Å². The summed E-state index contributed by atoms with van der Waals surface area (Å²) >= 11 is 4.77. The fraction of sp³-hybridized carbons (Fsp3) is 0.308. The van der Waals surface area contributed by atoms with E-state index in [0.717, 1.165) is 9.38 Å². The SMILES string of the molecule is C=C(Br)CNC(=O)CSc1cc(C)ccc1C. The van der Waals surface area contributed by atoms with Gasteiger partial charge in [0.05, 0.1) is 5.75 Å². The maximum Gasteiger partial charge on any atom is 0.230 e. The molecule has 4 heteroatoms. The second kappa shape index (κ2) is 6.87. The minimum Gasteiger partial charge on any atom is -0.351 e. The van der Waals surface area contributed by atoms with Crippen LogP contribution in [0.4, 0.5) is 0 Å². The zero-order valence-electron chi connectivity index (χ0n) is 10.0. The Labute approximate surface area is 115 Å². The lowest BCUT2D eigenvalue weighted by Gasteiger charge is -2.07. The van der Waals surface area contributed by atoms with Gasteiger partial charge in [0.25, 0.3) is 0 Å². The molecule has 0 bridgehead atoms. The molecule has 0 aliphatic rings. The monoisotopic (exact) mass is 313 g/mol. The van der Waals surface area contributed by atoms with Crippen molar-refractivity contribution in [2.24, 2.45) is 0 Å². The molecule has 1 aromatic carbocycles. The normalized spacial score (nSPS) is 10.1. The minimum atomic E-state index is 0.0245. The van der Waals surface area contributed by atoms with Crippen molar-refractivity contribution >= 4 is 33.6 Å². The van der Waals surface area contributed by atoms with Crippen LogP contribution in [0.2, 0.25) is 0 Å². The second-order valence-electron chi connectivity index (χ2n) is 3.85. The maximum absolute atomic E-state index is 11.5. The molecular weight excluding hydrogens is 298 g/mol. The molecule has 1 aromatic rings. The van der Waals surface area contributed by atoms with Crippen LogP contribution in [0.3, 0.4) is 0 Å². The van der Waals surface area contributed by atoms with Gasteiger partial charge in [-0.3, -0.25) is 4.79 Å². The Hall–Kier alpha value is -0.740. The summed E-state index contributed by atoms with van der Waals surface area (Å²) in [6.07, 6.45) is 0. The molecule has 92 valence electrons. The highest BCUT2D eigenvalue weighted by molar-refractivity contribution is 9.11. The van der Waals surface area contributed by atoms with Gasteiger partial charge in [0, 0.05) is 15.9 Å². The van der Waals surface area contributed by atoms with Crippen molar-refractivity contribution in [3.8, 4) is 0 Å². The van der Waals surface area contributed by atoms with Crippen molar-refractivity contribution in [1.29, 1.82) is 0 Å². The zero-order chi connectivity index (χ0) is 12.8. The van der Waals surface area contributed by atoms with E-state index in [2.05, 4.69) is 59.9 Å². The van der Waals surface area contributed by atoms with Gasteiger partial charge in [-0.15, -0.1) is 11.8 Å². The fourth-order valence-corrected chi connectivity index (χ4v) is 2.35. The number of benzene rings is 1. The molecule has 2 nitrogen and oxygen atoms in total. The van der Waals surface area contributed by atoms with E-state index >= 15 is 0 Å². The van der Waals surface area contributed by atoms with Crippen molar-refractivity contribution in [3.63, 3.8) is 0 Å². The largest absolute Gasteiger partial charge is 0.351 e. The van der Waals surface area contributed by atoms with Gasteiger partial charge in [-0.1, -0.05) is 40.2 Å². The van der Waals surface area contributed by atoms with Gasteiger partial charge < -0.3 is 5.32 Å². The molecule has 1 N–H and O–H groups in total. The van der Waals surface area contributed by atoms with Gasteiger partial charge in [-0.2, -0.15) is 0 Å². The number of hydrogen-bond donors (Lipinski definition) is 1. The Morgan fingerprint density at radius 1 is 1.47 bits per heavy atom. The molecule has 0 aliphatic carbocycles. The molecule has 0 saturated carbocycles. The van der Waals surface area contributed by atoms with Gasteiger partial charge in [-0.05, 0) is 25.5 Å². The number of aryl methyl sites for hydroxylation is 2. The van der Waals surface area contributed by atoms with Gasteiger partial charge in [0.1, 0.15) is 0 Å². The van der Waals surface area contributed by atoms with Gasteiger partial charge in [0.15, 0.2) is 0 Å². The van der Waals surface area contributed by atoms with Crippen molar-refractivity contribution in [2.45, 2.75) is 18.7 Å². The van der Waals surface area contributed by atoms with Gasteiger partial charge in [-0.25, -0.2) is 0 Å². The average Bonchev–Trinajstić information content (AvgIpc) is 2.27. The number of carbonyl (C=O) groups excluding carboxylic acids is 1. The highest BCUT2D eigenvalue weighted by atomic mass is 79.9. The number of hydrogen-bond acceptors (Lipinski definition) is 2. The molecule has 1 rings (SSSR count). The lowest BCUT2D eigenvalue weighted by atomic mass is 10.2. The van der Waals surface area contributed by atoms with Crippen LogP contribution in [0.25, 0.3) is 0 Å². The third-order valence-corrected chi connectivity index (χ3v) is 3.62. The molecule has 0 atom stereocenters. The van der Waals surface area contributed by atoms with E-state index in [0.29, 0.717) is 12.3 Å². The van der Waals surface area contributed by atoms with E-state index in [-0.39, 0.29) is 5.91 Å². The summed E-state index contributed by atoms with van der Waals surface area (Å²) in [6, 6.07) is 6.26. The van der Waals surface area contributed by atoms with Crippen molar-refractivity contribution < 1.29 is 4.79 Å². The first-order valence-electron chi connectivity index (χ1n) is 5.29. The van der Waals surface area contributed by atoms with Crippen molar-refractivity contribution in [3.05, 3.63) is 40.4 Å². The summed E-state index contributed by atoms with van der Waals surface area (Å²) in [5, 5.41) is 2.78. The average molecular weight is 314 g/mol. The molecule has 0 radical (unpaired) electrons. The number of carbonyl (C=O) groups is 1. The van der Waals surface area contributed by atoms with Crippen LogP contribution in [-0.2, 0) is 4.79 Å². The number of nitrogens with one attached hydrogen (secondary N) is 1. The lowest BCUT2D eigenvalue weighted by Crippen LogP contribution is -2.26. The predicted octanol–water partition coefficient (Wildman–Crippen LogP) is 3.42. The molecule has 17 heavy (non-hydrogen) atoms. The Morgan fingerprint density at radius 3 is 2.82 bits per heavy atom. The highest BCUT2D eigenvalue weighted by Crippen LogP contribution is 2.23. The molecule has 1 amide bonds. The second-order valence-corrected chi connectivity index (χ2v) is 5.99. The molecule has 0 spiro atoms. The summed E-state index contributed by atoms with van der Waals surface area (Å²) in [4.78, 5) is 12.7. The van der Waals surface area contributed by atoms with E-state index in [1.54, 1.807) is 11.8 Å². The number of rotatable bonds is 5. The standard InChI is InChI=1S/C13H16BrNOS/c1-9-4-5-10(2)12(6-9)17-8-13(16)15-7-11(3)14/h4-6H,3,7-8H2,1-2H3,(H,15,16). The maximum atomic E-state index is 11.5. The molecule has 0 fully saturated rings. The quantitative estimate of drug-likeness (QED) is 0.844. The van der Waals surface area contributed by atoms with Crippen LogP contribution < -0.4 is 5.32 Å². The number of thioether (sulfide) groups is 1. The van der Waals surface area contributed by atoms with E-state index in [1.165, 1.54) is 11.1 Å². The Bertz CT molecular complexity index is 431. The smallest absolute Gasteiger partial charge is 0.230 e. The van der Waals surface area contributed by atoms with E-state index in [1.807, 2.05) is 0 Å². The van der Waals surface area contributed by atoms with E-state index in [4.69, 9.17) is 0 Å². The van der Waals surface area contributed by atoms with Crippen LogP contribution in [0, 0.1) is 13.8 Å². The molecule has 0 heterocycles. The van der Waals surface area contributed by atoms with Crippen LogP contribution in [0.1, 0.15) is 11.1 Å². The molecule has 0 aromatic heterocycles. The summed E-state index contributed by atoms with van der Waals surface area (Å²) < 4.78 is 0.780. The number of amides is 1. The van der Waals surface area contributed by atoms with Crippen LogP contribution >= 0.6 is 27.7 Å². The molecular formula is C13H16BrNOS. The number of halogens is 1. The van der Waals surface area contributed by atoms with Gasteiger partial charge >= 0.3 is 0 Å². The predicted molar refractivity (Wildman–Crippen MR) is 77.7 cm³/mol. The lowest BCUT2D eigenvalue weighted by molar-refractivity contribution is -0.118. The molecule has 0 unspecified atom stereocenters. The Kier molecular flexibility index (Phi) is 5.78. The van der Waals surface area contributed by atoms with E-state index < -0.39 is 0 Å². The van der Waals surface area contributed by atoms with Gasteiger partial charge in [0.2, 0.25) is 5.91 Å². The topological polar surface area (TPSA) is 29.1 Å². The van der Waals surface area contributed by atoms with Crippen LogP contribution in [0.15, 0.2) is 34.2 Å². The first-order chi connectivity index (χ1) is 7.99. The Balaban J connectivity index is 2.47. The fourth-order valence-electron chi connectivity index (χ4n) is 1.25. The molecule has 0 saturated heterocycles. The summed E-state index contributed by atoms with van der Waals surface area (Å²) in [7, 11) is 0. The summed E-state index contributed by atoms with van der Waals surface area (Å²) in [6.45, 7) is 8.25. The van der Waals surface area contributed by atoms with Crippen molar-refractivity contribution in [1.82, 2.24) is 5.32 Å². The first-order valence-corrected chi connectivity index (χ1v) is 7.07. The zero-order valence-corrected chi connectivity index (χ0v) is 12.5. The summed E-state index contributed by atoms with van der Waals surface area (Å²) in [5.74, 6) is 0.460. The van der Waals surface area contributed by atoms with E-state index in [9.17, 15) is 4.79 Å². The minimum absolute atomic E-state index is 0.0245. The third-order valence-electron chi connectivity index (χ3n) is 2.18. The summed E-state index contributed by atoms with van der Waals surface area (Å²) in [5.41, 5.74) is 2.42. The first kappa shape index (κ1) is 14.3. The molecule has 0 aliphatic heterocycles. The Morgan fingerprint density at radius 2 is 2.18 bits per heavy atom. The third kappa shape index (κ3) is 5.41. The van der Waals surface area contributed by atoms with Crippen LogP contribution in [-0.4, -0.2) is 18.2 Å². The van der Waals surface area contributed by atoms with Crippen LogP contribution in [0.5, 0.6) is 0 Å². The highest BCUT2D eigenvalue weighted by Gasteiger charge is 2.04.